The van der Waals surface area contributed by atoms with E-state index in [2.05, 4.69) is 17.7 Å². The molecule has 1 heterocycles. The van der Waals surface area contributed by atoms with Crippen molar-refractivity contribution in [1.82, 2.24) is 0 Å². The Balaban J connectivity index is 2.29. The van der Waals surface area contributed by atoms with Crippen LogP contribution in [-0.4, -0.2) is 33.1 Å². The van der Waals surface area contributed by atoms with Crippen LogP contribution in [0.2, 0.25) is 0 Å². The van der Waals surface area contributed by atoms with Crippen molar-refractivity contribution >= 4 is 23.1 Å². The summed E-state index contributed by atoms with van der Waals surface area (Å²) < 4.78 is 17.1. The summed E-state index contributed by atoms with van der Waals surface area (Å²) in [5, 5.41) is 2.11. The molecule has 0 saturated heterocycles. The van der Waals surface area contributed by atoms with E-state index in [1.54, 1.807) is 30.2 Å². The van der Waals surface area contributed by atoms with E-state index < -0.39 is 6.48 Å². The van der Waals surface area contributed by atoms with Gasteiger partial charge in [-0.05, 0) is 36.6 Å². The fraction of sp³-hybridized carbons (Fsp3) is 0.636. The third-order valence-corrected chi connectivity index (χ3v) is 4.18. The fourth-order valence-corrected chi connectivity index (χ4v) is 2.93. The van der Waals surface area contributed by atoms with Crippen LogP contribution in [0.25, 0.3) is 0 Å². The zero-order chi connectivity index (χ0) is 11.8. The van der Waals surface area contributed by atoms with Crippen molar-refractivity contribution in [1.29, 1.82) is 0 Å². The van der Waals surface area contributed by atoms with Crippen molar-refractivity contribution in [3.05, 3.63) is 17.0 Å². The molecule has 1 unspecified atom stereocenters. The summed E-state index contributed by atoms with van der Waals surface area (Å²) in [5.41, 5.74) is 1.34. The molecule has 0 aliphatic rings. The first-order valence-electron chi connectivity index (χ1n) is 5.18. The van der Waals surface area contributed by atoms with Gasteiger partial charge in [-0.2, -0.15) is 0 Å². The van der Waals surface area contributed by atoms with Gasteiger partial charge in [-0.25, -0.2) is 0 Å². The van der Waals surface area contributed by atoms with Gasteiger partial charge in [0.2, 0.25) is 0 Å². The largest absolute Gasteiger partial charge is 0.333 e. The minimum absolute atomic E-state index is 0.540. The lowest BCUT2D eigenvalue weighted by Crippen LogP contribution is -2.20. The van der Waals surface area contributed by atoms with Gasteiger partial charge in [0.1, 0.15) is 0 Å². The minimum Gasteiger partial charge on any atom is -0.333 e. The van der Waals surface area contributed by atoms with Crippen molar-refractivity contribution in [2.45, 2.75) is 24.0 Å². The van der Waals surface area contributed by atoms with Crippen LogP contribution in [0.4, 0.5) is 0 Å². The van der Waals surface area contributed by atoms with Crippen LogP contribution in [-0.2, 0) is 20.6 Å². The molecule has 16 heavy (non-hydrogen) atoms. The predicted octanol–water partition coefficient (Wildman–Crippen LogP) is 3.00. The average Bonchev–Trinajstić information content (AvgIpc) is 2.75. The number of methoxy groups -OCH3 is 1. The van der Waals surface area contributed by atoms with Crippen LogP contribution in [0.5, 0.6) is 0 Å². The lowest BCUT2D eigenvalue weighted by atomic mass is 10.2. The molecule has 1 atom stereocenters. The number of thiophene rings is 1. The standard InChI is InChI=1S/C11H18O3S2/c1-4-13-11(12-2)14-7-5-9-6-8-16-10(9)15-3/h6,8,11H,4-5,7H2,1-3H3. The first-order valence-corrected chi connectivity index (χ1v) is 7.28. The van der Waals surface area contributed by atoms with E-state index in [1.165, 1.54) is 9.77 Å². The maximum atomic E-state index is 5.46. The smallest absolute Gasteiger partial charge is 0.271 e. The summed E-state index contributed by atoms with van der Waals surface area (Å²) in [5.74, 6) is 0. The Bertz CT molecular complexity index is 289. The van der Waals surface area contributed by atoms with E-state index in [4.69, 9.17) is 14.2 Å². The van der Waals surface area contributed by atoms with Crippen LogP contribution in [0.1, 0.15) is 12.5 Å². The van der Waals surface area contributed by atoms with Crippen LogP contribution in [0.15, 0.2) is 15.7 Å². The predicted molar refractivity (Wildman–Crippen MR) is 68.2 cm³/mol. The summed E-state index contributed by atoms with van der Waals surface area (Å²) in [6.07, 6.45) is 2.99. The summed E-state index contributed by atoms with van der Waals surface area (Å²) in [7, 11) is 1.58. The van der Waals surface area contributed by atoms with Crippen molar-refractivity contribution in [3.63, 3.8) is 0 Å². The van der Waals surface area contributed by atoms with Crippen molar-refractivity contribution in [2.75, 3.05) is 26.6 Å². The van der Waals surface area contributed by atoms with Crippen molar-refractivity contribution in [3.8, 4) is 0 Å². The molecule has 0 radical (unpaired) electrons. The zero-order valence-electron chi connectivity index (χ0n) is 9.89. The third kappa shape index (κ3) is 4.43. The molecule has 0 aliphatic carbocycles. The van der Waals surface area contributed by atoms with Crippen LogP contribution >= 0.6 is 23.1 Å². The van der Waals surface area contributed by atoms with E-state index in [-0.39, 0.29) is 0 Å². The molecule has 0 spiro atoms. The van der Waals surface area contributed by atoms with E-state index in [9.17, 15) is 0 Å². The molecule has 0 aliphatic heterocycles. The molecule has 3 nitrogen and oxygen atoms in total. The van der Waals surface area contributed by atoms with Gasteiger partial charge in [0.25, 0.3) is 6.48 Å². The minimum atomic E-state index is -0.540. The Morgan fingerprint density at radius 2 is 2.25 bits per heavy atom. The van der Waals surface area contributed by atoms with E-state index in [0.29, 0.717) is 13.2 Å². The number of ether oxygens (including phenoxy) is 3. The molecule has 1 rings (SSSR count). The average molecular weight is 262 g/mol. The molecular formula is C11H18O3S2. The molecular weight excluding hydrogens is 244 g/mol. The molecule has 0 aromatic carbocycles. The maximum Gasteiger partial charge on any atom is 0.271 e. The Morgan fingerprint density at radius 1 is 1.44 bits per heavy atom. The van der Waals surface area contributed by atoms with E-state index in [1.807, 2.05) is 6.92 Å². The molecule has 1 aromatic rings. The monoisotopic (exact) mass is 262 g/mol. The first-order chi connectivity index (χ1) is 7.81. The highest BCUT2D eigenvalue weighted by Gasteiger charge is 2.08. The van der Waals surface area contributed by atoms with Gasteiger partial charge in [-0.15, -0.1) is 23.1 Å². The maximum absolute atomic E-state index is 5.46. The molecule has 5 heteroatoms. The summed E-state index contributed by atoms with van der Waals surface area (Å²) in [6, 6.07) is 2.14. The van der Waals surface area contributed by atoms with E-state index >= 15 is 0 Å². The van der Waals surface area contributed by atoms with Crippen LogP contribution in [0.3, 0.4) is 0 Å². The lowest BCUT2D eigenvalue weighted by molar-refractivity contribution is -0.274. The van der Waals surface area contributed by atoms with Crippen molar-refractivity contribution in [2.24, 2.45) is 0 Å². The second-order valence-electron chi connectivity index (χ2n) is 3.04. The molecule has 0 saturated carbocycles. The Kier molecular flexibility index (Phi) is 7.07. The number of hydrogen-bond acceptors (Lipinski definition) is 5. The molecule has 92 valence electrons. The van der Waals surface area contributed by atoms with Gasteiger partial charge in [0.15, 0.2) is 0 Å². The fourth-order valence-electron chi connectivity index (χ4n) is 1.27. The van der Waals surface area contributed by atoms with Crippen LogP contribution in [0, 0.1) is 0 Å². The molecule has 0 bridgehead atoms. The summed E-state index contributed by atoms with van der Waals surface area (Å²) in [6.45, 7) is 2.58. The van der Waals surface area contributed by atoms with Crippen LogP contribution < -0.4 is 0 Å². The van der Waals surface area contributed by atoms with Gasteiger partial charge < -0.3 is 14.2 Å². The first kappa shape index (κ1) is 14.0. The summed E-state index contributed by atoms with van der Waals surface area (Å²) >= 11 is 3.55. The Morgan fingerprint density at radius 3 is 2.88 bits per heavy atom. The Labute approximate surface area is 105 Å². The highest BCUT2D eigenvalue weighted by Crippen LogP contribution is 2.26. The van der Waals surface area contributed by atoms with Gasteiger partial charge in [-0.3, -0.25) is 0 Å². The summed E-state index contributed by atoms with van der Waals surface area (Å²) in [4.78, 5) is 0. The van der Waals surface area contributed by atoms with Gasteiger partial charge in [0.05, 0.1) is 10.8 Å². The van der Waals surface area contributed by atoms with Gasteiger partial charge >= 0.3 is 0 Å². The van der Waals surface area contributed by atoms with Gasteiger partial charge in [0, 0.05) is 13.7 Å². The molecule has 0 N–H and O–H groups in total. The molecule has 0 fully saturated rings. The normalized spacial score (nSPS) is 12.9. The number of hydrogen-bond donors (Lipinski definition) is 0. The lowest BCUT2D eigenvalue weighted by Gasteiger charge is -2.15. The molecule has 0 amide bonds. The Hall–Kier alpha value is -0.0700. The van der Waals surface area contributed by atoms with Crippen molar-refractivity contribution < 1.29 is 14.2 Å². The third-order valence-electron chi connectivity index (χ3n) is 2.01. The molecule has 1 aromatic heterocycles. The second kappa shape index (κ2) is 8.08. The SMILES string of the molecule is CCOC(OC)OCCc1ccsc1SC. The van der Waals surface area contributed by atoms with E-state index in [0.717, 1.165) is 6.42 Å². The quantitative estimate of drug-likeness (QED) is 0.532. The second-order valence-corrected chi connectivity index (χ2v) is 5.03. The topological polar surface area (TPSA) is 27.7 Å². The number of rotatable bonds is 8. The zero-order valence-corrected chi connectivity index (χ0v) is 11.5. The van der Waals surface area contributed by atoms with Gasteiger partial charge in [-0.1, -0.05) is 0 Å². The highest BCUT2D eigenvalue weighted by molar-refractivity contribution is 8.00. The highest BCUT2D eigenvalue weighted by atomic mass is 32.2. The number of thioether (sulfide) groups is 1.